The predicted octanol–water partition coefficient (Wildman–Crippen LogP) is 3.98. The van der Waals surface area contributed by atoms with Crippen molar-refractivity contribution in [3.8, 4) is 5.75 Å². The Balaban J connectivity index is 3.68. The number of rotatable bonds is 2. The third-order valence-corrected chi connectivity index (χ3v) is 3.27. The smallest absolute Gasteiger partial charge is 0.402 e. The highest BCUT2D eigenvalue weighted by Crippen LogP contribution is 2.53. The Morgan fingerprint density at radius 2 is 1.23 bits per heavy atom. The van der Waals surface area contributed by atoms with E-state index in [9.17, 15) is 35.1 Å². The van der Waals surface area contributed by atoms with Gasteiger partial charge in [0, 0.05) is 4.90 Å². The molecular formula is C9H6F8N2OS2. The van der Waals surface area contributed by atoms with Crippen molar-refractivity contribution >= 4 is 36.6 Å². The zero-order valence-electron chi connectivity index (χ0n) is 9.98. The van der Waals surface area contributed by atoms with Crippen LogP contribution in [0.5, 0.6) is 5.75 Å². The van der Waals surface area contributed by atoms with Crippen LogP contribution in [-0.2, 0) is 5.92 Å². The van der Waals surface area contributed by atoms with E-state index in [0.717, 1.165) is 0 Å². The lowest BCUT2D eigenvalue weighted by Gasteiger charge is -2.26. The minimum absolute atomic E-state index is 1.12. The molecule has 0 saturated carbocycles. The van der Waals surface area contributed by atoms with Crippen molar-refractivity contribution in [1.29, 1.82) is 0 Å². The molecule has 0 heterocycles. The summed E-state index contributed by atoms with van der Waals surface area (Å²) in [6, 6.07) is 0. The number of thiol groups is 2. The van der Waals surface area contributed by atoms with Crippen molar-refractivity contribution in [2.45, 2.75) is 28.3 Å². The zero-order valence-corrected chi connectivity index (χ0v) is 11.8. The molecule has 13 heteroatoms. The summed E-state index contributed by atoms with van der Waals surface area (Å²) in [6.45, 7) is 0. The lowest BCUT2D eigenvalue weighted by atomic mass is 10.0. The van der Waals surface area contributed by atoms with E-state index in [2.05, 4.69) is 30.0 Å². The lowest BCUT2D eigenvalue weighted by Crippen LogP contribution is -2.35. The van der Waals surface area contributed by atoms with Crippen molar-refractivity contribution < 1.29 is 39.9 Å². The summed E-state index contributed by atoms with van der Waals surface area (Å²) in [4.78, 5) is -2.41. The largest absolute Gasteiger partial charge is 0.573 e. The number of hydrogen-bond acceptors (Lipinski definition) is 5. The number of nitrogens with two attached hydrogens (primary N) is 2. The molecule has 0 aliphatic heterocycles. The van der Waals surface area contributed by atoms with Crippen LogP contribution < -0.4 is 16.2 Å². The first-order chi connectivity index (χ1) is 9.61. The molecule has 0 radical (unpaired) electrons. The molecule has 0 saturated heterocycles. The number of alkyl halides is 8. The Hall–Kier alpha value is -1.24. The summed E-state index contributed by atoms with van der Waals surface area (Å²) in [5.74, 6) is -6.82. The quantitative estimate of drug-likeness (QED) is 0.360. The van der Waals surface area contributed by atoms with Gasteiger partial charge in [-0.05, 0) is 0 Å². The molecule has 0 aliphatic rings. The molecule has 0 bridgehead atoms. The number of benzene rings is 1. The monoisotopic (exact) mass is 374 g/mol. The van der Waals surface area contributed by atoms with E-state index in [1.165, 1.54) is 0 Å². The Kier molecular flexibility index (Phi) is 4.65. The van der Waals surface area contributed by atoms with Crippen LogP contribution >= 0.6 is 25.3 Å². The molecule has 0 aliphatic carbocycles. The normalized spacial score (nSPS) is 13.4. The number of ether oxygens (including phenoxy) is 1. The van der Waals surface area contributed by atoms with E-state index in [-0.39, 0.29) is 0 Å². The van der Waals surface area contributed by atoms with Crippen LogP contribution in [-0.4, -0.2) is 12.5 Å². The lowest BCUT2D eigenvalue weighted by molar-refractivity contribution is -0.290. The van der Waals surface area contributed by atoms with Crippen LogP contribution in [0.4, 0.5) is 46.5 Å². The van der Waals surface area contributed by atoms with E-state index in [1.54, 1.807) is 0 Å². The number of halogens is 8. The predicted molar refractivity (Wildman–Crippen MR) is 66.4 cm³/mol. The molecule has 4 N–H and O–H groups in total. The van der Waals surface area contributed by atoms with Crippen molar-refractivity contribution in [2.24, 2.45) is 0 Å². The van der Waals surface area contributed by atoms with Gasteiger partial charge >= 0.3 is 18.5 Å². The highest BCUT2D eigenvalue weighted by Gasteiger charge is 2.61. The first-order valence-corrected chi connectivity index (χ1v) is 5.84. The van der Waals surface area contributed by atoms with Crippen molar-refractivity contribution in [3.63, 3.8) is 0 Å². The highest BCUT2D eigenvalue weighted by atomic mass is 32.1. The minimum atomic E-state index is -6.07. The zero-order chi connectivity index (χ0) is 17.7. The molecule has 0 spiro atoms. The summed E-state index contributed by atoms with van der Waals surface area (Å²) < 4.78 is 104. The molecule has 22 heavy (non-hydrogen) atoms. The van der Waals surface area contributed by atoms with Gasteiger partial charge in [0.15, 0.2) is 5.75 Å². The van der Waals surface area contributed by atoms with Gasteiger partial charge in [-0.3, -0.25) is 0 Å². The third kappa shape index (κ3) is 3.24. The molecule has 0 fully saturated rings. The van der Waals surface area contributed by atoms with E-state index >= 15 is 0 Å². The molecule has 0 atom stereocenters. The number of hydrogen-bond donors (Lipinski definition) is 4. The van der Waals surface area contributed by atoms with E-state index in [0.29, 0.717) is 0 Å². The second-order valence-corrected chi connectivity index (χ2v) is 4.74. The molecule has 126 valence electrons. The Morgan fingerprint density at radius 1 is 0.773 bits per heavy atom. The number of nitrogen functional groups attached to an aromatic ring is 2. The van der Waals surface area contributed by atoms with Gasteiger partial charge in [-0.25, -0.2) is 0 Å². The van der Waals surface area contributed by atoms with Gasteiger partial charge in [0.05, 0.1) is 21.8 Å². The average molecular weight is 374 g/mol. The molecule has 1 aromatic rings. The maximum absolute atomic E-state index is 13.4. The van der Waals surface area contributed by atoms with Crippen molar-refractivity contribution in [3.05, 3.63) is 5.56 Å². The molecule has 0 unspecified atom stereocenters. The second kappa shape index (κ2) is 5.44. The maximum Gasteiger partial charge on any atom is 0.573 e. The van der Waals surface area contributed by atoms with Crippen LogP contribution in [0.15, 0.2) is 9.79 Å². The number of anilines is 2. The highest BCUT2D eigenvalue weighted by molar-refractivity contribution is 7.81. The van der Waals surface area contributed by atoms with Crippen molar-refractivity contribution in [1.82, 2.24) is 0 Å². The van der Waals surface area contributed by atoms with Gasteiger partial charge < -0.3 is 16.2 Å². The fourth-order valence-corrected chi connectivity index (χ4v) is 2.06. The van der Waals surface area contributed by atoms with Crippen LogP contribution in [0.2, 0.25) is 0 Å². The summed E-state index contributed by atoms with van der Waals surface area (Å²) in [5, 5.41) is 0. The maximum atomic E-state index is 13.4. The van der Waals surface area contributed by atoms with Gasteiger partial charge in [-0.2, -0.15) is 22.0 Å². The fraction of sp³-hybridized carbons (Fsp3) is 0.333. The first-order valence-electron chi connectivity index (χ1n) is 4.94. The third-order valence-electron chi connectivity index (χ3n) is 2.36. The Morgan fingerprint density at radius 3 is 1.59 bits per heavy atom. The summed E-state index contributed by atoms with van der Waals surface area (Å²) in [7, 11) is 0. The molecule has 0 aromatic heterocycles. The summed E-state index contributed by atoms with van der Waals surface area (Å²) in [6.07, 6.45) is -11.4. The van der Waals surface area contributed by atoms with Crippen LogP contribution in [0.3, 0.4) is 0 Å². The van der Waals surface area contributed by atoms with Gasteiger partial charge in [0.1, 0.15) is 0 Å². The van der Waals surface area contributed by atoms with E-state index < -0.39 is 50.9 Å². The van der Waals surface area contributed by atoms with Crippen LogP contribution in [0, 0.1) is 0 Å². The SMILES string of the molecule is Nc1c(S)c(C(F)(F)C(F)(F)F)c(N)c(S)c1OC(F)(F)F. The Labute approximate surface area is 128 Å². The van der Waals surface area contributed by atoms with Crippen molar-refractivity contribution in [2.75, 3.05) is 11.5 Å². The average Bonchev–Trinajstić information content (AvgIpc) is 2.29. The van der Waals surface area contributed by atoms with E-state index in [4.69, 9.17) is 11.5 Å². The van der Waals surface area contributed by atoms with Gasteiger partial charge in [0.2, 0.25) is 0 Å². The summed E-state index contributed by atoms with van der Waals surface area (Å²) >= 11 is 6.68. The molecule has 1 aromatic carbocycles. The summed E-state index contributed by atoms with van der Waals surface area (Å²) in [5.41, 5.74) is 5.64. The molecule has 0 amide bonds. The van der Waals surface area contributed by atoms with Gasteiger partial charge in [0.25, 0.3) is 0 Å². The second-order valence-electron chi connectivity index (χ2n) is 3.85. The fourth-order valence-electron chi connectivity index (χ4n) is 1.42. The van der Waals surface area contributed by atoms with Crippen LogP contribution in [0.25, 0.3) is 0 Å². The van der Waals surface area contributed by atoms with Gasteiger partial charge in [-0.15, -0.1) is 38.4 Å². The molecular weight excluding hydrogens is 368 g/mol. The minimum Gasteiger partial charge on any atom is -0.402 e. The van der Waals surface area contributed by atoms with E-state index in [1.807, 2.05) is 0 Å². The first kappa shape index (κ1) is 18.8. The topological polar surface area (TPSA) is 61.3 Å². The molecule has 1 rings (SSSR count). The standard InChI is InChI=1S/C9H6F8N2OS2/c10-7(11,8(12,13)14)1-2(18)6(22)4(3(19)5(1)21)20-9(15,16)17/h21-22H,18-19H2. The van der Waals surface area contributed by atoms with Crippen LogP contribution in [0.1, 0.15) is 5.56 Å². The Bertz CT molecular complexity index is 570. The molecule has 3 nitrogen and oxygen atoms in total. The van der Waals surface area contributed by atoms with Gasteiger partial charge in [-0.1, -0.05) is 0 Å².